The molecule has 0 amide bonds. The average molecular weight is 366 g/mol. The van der Waals surface area contributed by atoms with E-state index in [1.54, 1.807) is 6.07 Å². The SMILES string of the molecule is COc1cc(CN2CC[C@H](N3CCOCC3)[C@H](CCCO)C2)ccc1F. The van der Waals surface area contributed by atoms with Gasteiger partial charge in [0.15, 0.2) is 11.6 Å². The lowest BCUT2D eigenvalue weighted by molar-refractivity contribution is -0.0231. The fraction of sp³-hybridized carbons (Fsp3) is 0.700. The van der Waals surface area contributed by atoms with Gasteiger partial charge in [0.1, 0.15) is 0 Å². The molecule has 0 radical (unpaired) electrons. The summed E-state index contributed by atoms with van der Waals surface area (Å²) < 4.78 is 24.2. The van der Waals surface area contributed by atoms with E-state index in [1.807, 2.05) is 6.07 Å². The quantitative estimate of drug-likeness (QED) is 0.801. The summed E-state index contributed by atoms with van der Waals surface area (Å²) >= 11 is 0. The second kappa shape index (κ2) is 9.65. The number of hydrogen-bond donors (Lipinski definition) is 1. The molecule has 1 aromatic rings. The van der Waals surface area contributed by atoms with Crippen LogP contribution in [-0.4, -0.2) is 74.1 Å². The zero-order chi connectivity index (χ0) is 18.4. The number of morpholine rings is 1. The van der Waals surface area contributed by atoms with Crippen molar-refractivity contribution in [2.75, 3.05) is 53.1 Å². The third kappa shape index (κ3) is 4.94. The highest BCUT2D eigenvalue weighted by Crippen LogP contribution is 2.28. The lowest BCUT2D eigenvalue weighted by atomic mass is 9.86. The summed E-state index contributed by atoms with van der Waals surface area (Å²) in [5.74, 6) is 0.543. The molecule has 6 heteroatoms. The molecule has 5 nitrogen and oxygen atoms in total. The number of piperidine rings is 1. The number of halogens is 1. The first-order chi connectivity index (χ1) is 12.7. The second-order valence-electron chi connectivity index (χ2n) is 7.33. The molecule has 0 saturated carbocycles. The second-order valence-corrected chi connectivity index (χ2v) is 7.33. The number of nitrogens with zero attached hydrogens (tertiary/aromatic N) is 2. The monoisotopic (exact) mass is 366 g/mol. The largest absolute Gasteiger partial charge is 0.494 e. The minimum absolute atomic E-state index is 0.251. The molecule has 26 heavy (non-hydrogen) atoms. The van der Waals surface area contributed by atoms with Crippen LogP contribution < -0.4 is 4.74 Å². The van der Waals surface area contributed by atoms with Gasteiger partial charge in [0.25, 0.3) is 0 Å². The summed E-state index contributed by atoms with van der Waals surface area (Å²) in [4.78, 5) is 5.02. The van der Waals surface area contributed by atoms with Gasteiger partial charge < -0.3 is 14.6 Å². The van der Waals surface area contributed by atoms with E-state index in [9.17, 15) is 9.50 Å². The first kappa shape index (κ1) is 19.5. The van der Waals surface area contributed by atoms with Crippen LogP contribution >= 0.6 is 0 Å². The van der Waals surface area contributed by atoms with Gasteiger partial charge in [-0.3, -0.25) is 9.80 Å². The number of methoxy groups -OCH3 is 1. The Morgan fingerprint density at radius 2 is 2.08 bits per heavy atom. The summed E-state index contributed by atoms with van der Waals surface area (Å²) in [5, 5.41) is 9.28. The van der Waals surface area contributed by atoms with E-state index < -0.39 is 0 Å². The maximum atomic E-state index is 13.6. The molecule has 0 aromatic heterocycles. The first-order valence-corrected chi connectivity index (χ1v) is 9.68. The Balaban J connectivity index is 1.63. The van der Waals surface area contributed by atoms with Crippen molar-refractivity contribution in [1.82, 2.24) is 9.80 Å². The zero-order valence-corrected chi connectivity index (χ0v) is 15.7. The van der Waals surface area contributed by atoms with Crippen LogP contribution in [-0.2, 0) is 11.3 Å². The Bertz CT molecular complexity index is 566. The van der Waals surface area contributed by atoms with E-state index >= 15 is 0 Å². The number of rotatable bonds is 7. The van der Waals surface area contributed by atoms with E-state index in [4.69, 9.17) is 9.47 Å². The van der Waals surface area contributed by atoms with Gasteiger partial charge in [-0.15, -0.1) is 0 Å². The number of likely N-dealkylation sites (tertiary alicyclic amines) is 1. The van der Waals surface area contributed by atoms with Gasteiger partial charge in [-0.1, -0.05) is 6.07 Å². The Morgan fingerprint density at radius 3 is 2.81 bits per heavy atom. The Kier molecular flexibility index (Phi) is 7.25. The van der Waals surface area contributed by atoms with Gasteiger partial charge in [-0.25, -0.2) is 4.39 Å². The lowest BCUT2D eigenvalue weighted by Crippen LogP contribution is -2.53. The van der Waals surface area contributed by atoms with Crippen molar-refractivity contribution in [3.63, 3.8) is 0 Å². The summed E-state index contributed by atoms with van der Waals surface area (Å²) in [5.41, 5.74) is 1.08. The third-order valence-electron chi connectivity index (χ3n) is 5.65. The van der Waals surface area contributed by atoms with Crippen molar-refractivity contribution >= 4 is 0 Å². The zero-order valence-electron chi connectivity index (χ0n) is 15.7. The van der Waals surface area contributed by atoms with Crippen LogP contribution in [0.1, 0.15) is 24.8 Å². The van der Waals surface area contributed by atoms with Crippen LogP contribution in [0.15, 0.2) is 18.2 Å². The smallest absolute Gasteiger partial charge is 0.165 e. The number of aliphatic hydroxyl groups excluding tert-OH is 1. The standard InChI is InChI=1S/C20H31FN2O3/c1-25-20-13-16(4-5-18(20)21)14-22-7-6-19(17(15-22)3-2-10-24)23-8-11-26-12-9-23/h4-5,13,17,19,24H,2-3,6-12,14-15H2,1H3/t17-,19+/m1/s1. The van der Waals surface area contributed by atoms with Crippen molar-refractivity contribution in [2.45, 2.75) is 31.8 Å². The van der Waals surface area contributed by atoms with Crippen molar-refractivity contribution in [3.8, 4) is 5.75 Å². The Morgan fingerprint density at radius 1 is 1.27 bits per heavy atom. The van der Waals surface area contributed by atoms with Gasteiger partial charge in [0, 0.05) is 38.8 Å². The van der Waals surface area contributed by atoms with Crippen LogP contribution in [0.4, 0.5) is 4.39 Å². The first-order valence-electron chi connectivity index (χ1n) is 9.68. The molecule has 1 aromatic carbocycles. The summed E-state index contributed by atoms with van der Waals surface area (Å²) in [7, 11) is 1.50. The van der Waals surface area contributed by atoms with Crippen LogP contribution in [0, 0.1) is 11.7 Å². The van der Waals surface area contributed by atoms with Crippen molar-refractivity contribution in [3.05, 3.63) is 29.6 Å². The minimum Gasteiger partial charge on any atom is -0.494 e. The van der Waals surface area contributed by atoms with Crippen LogP contribution in [0.2, 0.25) is 0 Å². The van der Waals surface area contributed by atoms with Crippen molar-refractivity contribution in [1.29, 1.82) is 0 Å². The molecule has 146 valence electrons. The summed E-state index contributed by atoms with van der Waals surface area (Å²) in [6.07, 6.45) is 3.03. The molecule has 0 spiro atoms. The van der Waals surface area contributed by atoms with Gasteiger partial charge >= 0.3 is 0 Å². The molecule has 2 aliphatic heterocycles. The van der Waals surface area contributed by atoms with Gasteiger partial charge in [0.2, 0.25) is 0 Å². The van der Waals surface area contributed by atoms with Crippen LogP contribution in [0.25, 0.3) is 0 Å². The maximum absolute atomic E-state index is 13.6. The predicted octanol–water partition coefficient (Wildman–Crippen LogP) is 2.13. The molecule has 0 aliphatic carbocycles. The number of ether oxygens (including phenoxy) is 2. The molecule has 2 heterocycles. The molecule has 0 unspecified atom stereocenters. The van der Waals surface area contributed by atoms with E-state index in [0.717, 1.165) is 70.8 Å². The number of aliphatic hydroxyl groups is 1. The molecular weight excluding hydrogens is 335 g/mol. The van der Waals surface area contributed by atoms with Gasteiger partial charge in [0.05, 0.1) is 20.3 Å². The Hall–Kier alpha value is -1.21. The highest BCUT2D eigenvalue weighted by Gasteiger charge is 2.33. The van der Waals surface area contributed by atoms with Gasteiger partial charge in [-0.05, 0) is 49.4 Å². The normalized spacial score (nSPS) is 25.3. The molecule has 1 N–H and O–H groups in total. The topological polar surface area (TPSA) is 45.2 Å². The fourth-order valence-electron chi connectivity index (χ4n) is 4.33. The lowest BCUT2D eigenvalue weighted by Gasteiger charge is -2.45. The highest BCUT2D eigenvalue weighted by atomic mass is 19.1. The molecule has 3 rings (SSSR count). The highest BCUT2D eigenvalue weighted by molar-refractivity contribution is 5.30. The molecule has 2 fully saturated rings. The van der Waals surface area contributed by atoms with Crippen molar-refractivity contribution < 1.29 is 19.0 Å². The molecule has 2 saturated heterocycles. The molecule has 0 bridgehead atoms. The molecule has 2 atom stereocenters. The third-order valence-corrected chi connectivity index (χ3v) is 5.65. The van der Waals surface area contributed by atoms with E-state index in [2.05, 4.69) is 9.80 Å². The number of hydrogen-bond acceptors (Lipinski definition) is 5. The summed E-state index contributed by atoms with van der Waals surface area (Å²) in [6.45, 7) is 6.78. The minimum atomic E-state index is -0.317. The number of benzene rings is 1. The van der Waals surface area contributed by atoms with Crippen LogP contribution in [0.3, 0.4) is 0 Å². The Labute approximate surface area is 155 Å². The van der Waals surface area contributed by atoms with Crippen LogP contribution in [0.5, 0.6) is 5.75 Å². The van der Waals surface area contributed by atoms with E-state index in [-0.39, 0.29) is 12.4 Å². The molecule has 2 aliphatic rings. The molecular formula is C20H31FN2O3. The van der Waals surface area contributed by atoms with E-state index in [0.29, 0.717) is 17.7 Å². The van der Waals surface area contributed by atoms with Gasteiger partial charge in [-0.2, -0.15) is 0 Å². The van der Waals surface area contributed by atoms with Crippen molar-refractivity contribution in [2.24, 2.45) is 5.92 Å². The average Bonchev–Trinajstić information content (AvgIpc) is 2.68. The summed E-state index contributed by atoms with van der Waals surface area (Å²) in [6, 6.07) is 5.70. The fourth-order valence-corrected chi connectivity index (χ4v) is 4.33. The maximum Gasteiger partial charge on any atom is 0.165 e. The predicted molar refractivity (Wildman–Crippen MR) is 98.8 cm³/mol. The van der Waals surface area contributed by atoms with E-state index in [1.165, 1.54) is 13.2 Å².